The van der Waals surface area contributed by atoms with Crippen molar-refractivity contribution in [2.75, 3.05) is 18.9 Å². The van der Waals surface area contributed by atoms with E-state index in [0.29, 0.717) is 11.6 Å². The molecule has 1 heterocycles. The van der Waals surface area contributed by atoms with Crippen LogP contribution in [0, 0.1) is 6.92 Å². The van der Waals surface area contributed by atoms with E-state index in [2.05, 4.69) is 10.5 Å². The van der Waals surface area contributed by atoms with E-state index >= 15 is 0 Å². The van der Waals surface area contributed by atoms with Gasteiger partial charge in [-0.25, -0.2) is 0 Å². The van der Waals surface area contributed by atoms with Crippen LogP contribution in [-0.4, -0.2) is 35.5 Å². The van der Waals surface area contributed by atoms with Crippen LogP contribution in [0.15, 0.2) is 40.9 Å². The number of carbonyl (C=O) groups excluding carboxylic acids is 2. The highest BCUT2D eigenvalue weighted by molar-refractivity contribution is 5.93. The fourth-order valence-corrected chi connectivity index (χ4v) is 2.07. The number of nitrogens with zero attached hydrogens (tertiary/aromatic N) is 2. The Morgan fingerprint density at radius 1 is 1.33 bits per heavy atom. The Bertz CT molecular complexity index is 675. The highest BCUT2D eigenvalue weighted by Gasteiger charge is 2.17. The third kappa shape index (κ3) is 5.68. The number of carbonyl (C=O) groups is 2. The van der Waals surface area contributed by atoms with E-state index < -0.39 is 6.04 Å². The molecule has 2 amide bonds. The molecule has 24 heavy (non-hydrogen) atoms. The zero-order chi connectivity index (χ0) is 16.8. The molecule has 1 aromatic heterocycles. The van der Waals surface area contributed by atoms with E-state index in [0.717, 1.165) is 5.56 Å². The smallest absolute Gasteiger partial charge is 0.245 e. The summed E-state index contributed by atoms with van der Waals surface area (Å²) in [6.45, 7) is 1.65. The Morgan fingerprint density at radius 2 is 2.00 bits per heavy atom. The van der Waals surface area contributed by atoms with Gasteiger partial charge >= 0.3 is 0 Å². The lowest BCUT2D eigenvalue weighted by atomic mass is 10.0. The number of rotatable bonds is 6. The van der Waals surface area contributed by atoms with E-state index in [-0.39, 0.29) is 37.2 Å². The monoisotopic (exact) mass is 352 g/mol. The summed E-state index contributed by atoms with van der Waals surface area (Å²) in [4.78, 5) is 25.4. The summed E-state index contributed by atoms with van der Waals surface area (Å²) in [5, 5.41) is 6.23. The van der Waals surface area contributed by atoms with Gasteiger partial charge in [-0.3, -0.25) is 9.59 Å². The molecule has 130 valence electrons. The minimum Gasteiger partial charge on any atom is -0.360 e. The molecule has 0 fully saturated rings. The Hall–Kier alpha value is -2.38. The lowest BCUT2D eigenvalue weighted by molar-refractivity contribution is -0.133. The third-order valence-electron chi connectivity index (χ3n) is 3.32. The number of aryl methyl sites for hydroxylation is 1. The zero-order valence-corrected chi connectivity index (χ0v) is 14.4. The first-order valence-corrected chi connectivity index (χ1v) is 7.23. The van der Waals surface area contributed by atoms with Gasteiger partial charge in [0, 0.05) is 25.6 Å². The Morgan fingerprint density at radius 3 is 2.58 bits per heavy atom. The normalized spacial score (nSPS) is 11.3. The van der Waals surface area contributed by atoms with Crippen LogP contribution in [0.1, 0.15) is 23.8 Å². The zero-order valence-electron chi connectivity index (χ0n) is 13.6. The Kier molecular flexibility index (Phi) is 7.41. The summed E-state index contributed by atoms with van der Waals surface area (Å²) >= 11 is 0. The van der Waals surface area contributed by atoms with Gasteiger partial charge in [-0.15, -0.1) is 12.4 Å². The van der Waals surface area contributed by atoms with Crippen molar-refractivity contribution in [3.63, 3.8) is 0 Å². The molecule has 2 aromatic rings. The van der Waals surface area contributed by atoms with Crippen LogP contribution in [0.5, 0.6) is 0 Å². The van der Waals surface area contributed by atoms with Crippen molar-refractivity contribution >= 4 is 30.0 Å². The van der Waals surface area contributed by atoms with E-state index in [1.807, 2.05) is 30.3 Å². The summed E-state index contributed by atoms with van der Waals surface area (Å²) in [7, 11) is 1.56. The molecule has 0 bridgehead atoms. The molecule has 7 nitrogen and oxygen atoms in total. The van der Waals surface area contributed by atoms with Gasteiger partial charge in [0.1, 0.15) is 5.76 Å². The summed E-state index contributed by atoms with van der Waals surface area (Å²) in [5.74, 6) is 0.378. The lowest BCUT2D eigenvalue weighted by Crippen LogP contribution is -2.36. The Labute approximate surface area is 146 Å². The van der Waals surface area contributed by atoms with Crippen LogP contribution in [-0.2, 0) is 9.59 Å². The summed E-state index contributed by atoms with van der Waals surface area (Å²) < 4.78 is 4.86. The molecule has 0 saturated heterocycles. The molecule has 2 rings (SSSR count). The molecule has 3 N–H and O–H groups in total. The molecule has 0 aliphatic rings. The second-order valence-electron chi connectivity index (χ2n) is 5.34. The third-order valence-corrected chi connectivity index (χ3v) is 3.32. The average molecular weight is 353 g/mol. The van der Waals surface area contributed by atoms with Crippen LogP contribution in [0.2, 0.25) is 0 Å². The van der Waals surface area contributed by atoms with E-state index in [1.165, 1.54) is 4.90 Å². The number of benzene rings is 1. The molecular formula is C16H21ClN4O3. The van der Waals surface area contributed by atoms with Gasteiger partial charge in [0.2, 0.25) is 11.8 Å². The number of amides is 2. The maximum absolute atomic E-state index is 12.2. The average Bonchev–Trinajstić information content (AvgIpc) is 2.92. The van der Waals surface area contributed by atoms with Gasteiger partial charge < -0.3 is 20.5 Å². The van der Waals surface area contributed by atoms with Gasteiger partial charge in [0.05, 0.1) is 6.54 Å². The fraction of sp³-hybridized carbons (Fsp3) is 0.312. The number of nitrogens with two attached hydrogens (primary N) is 1. The predicted molar refractivity (Wildman–Crippen MR) is 92.7 cm³/mol. The number of hydrogen-bond acceptors (Lipinski definition) is 5. The first-order valence-electron chi connectivity index (χ1n) is 7.23. The minimum atomic E-state index is -0.396. The standard InChI is InChI=1S/C16H20N4O3.ClH/c1-11-8-14(19-23-11)18-15(21)10-20(2)16(22)9-13(17)12-6-4-3-5-7-12;/h3-8,13H,9-10,17H2,1-2H3,(H,18,19,21);1H. The largest absolute Gasteiger partial charge is 0.360 e. The Balaban J connectivity index is 0.00000288. The van der Waals surface area contributed by atoms with E-state index in [9.17, 15) is 9.59 Å². The number of aromatic nitrogens is 1. The van der Waals surface area contributed by atoms with E-state index in [1.54, 1.807) is 20.0 Å². The molecule has 8 heteroatoms. The van der Waals surface area contributed by atoms with Gasteiger partial charge in [0.25, 0.3) is 0 Å². The van der Waals surface area contributed by atoms with Crippen LogP contribution in [0.25, 0.3) is 0 Å². The van der Waals surface area contributed by atoms with Crippen molar-refractivity contribution in [2.45, 2.75) is 19.4 Å². The first kappa shape index (κ1) is 19.7. The van der Waals surface area contributed by atoms with Crippen LogP contribution < -0.4 is 11.1 Å². The maximum Gasteiger partial charge on any atom is 0.245 e. The fourth-order valence-electron chi connectivity index (χ4n) is 2.07. The molecule has 1 aromatic carbocycles. The van der Waals surface area contributed by atoms with Crippen molar-refractivity contribution in [2.24, 2.45) is 5.73 Å². The predicted octanol–water partition coefficient (Wildman–Crippen LogP) is 1.89. The van der Waals surface area contributed by atoms with Gasteiger partial charge in [-0.2, -0.15) is 0 Å². The molecule has 1 atom stereocenters. The molecule has 0 radical (unpaired) electrons. The molecule has 1 unspecified atom stereocenters. The number of nitrogens with one attached hydrogen (secondary N) is 1. The SMILES string of the molecule is Cc1cc(NC(=O)CN(C)C(=O)CC(N)c2ccccc2)no1.Cl. The lowest BCUT2D eigenvalue weighted by Gasteiger charge is -2.19. The second kappa shape index (κ2) is 9.05. The molecule has 0 aliphatic carbocycles. The quantitative estimate of drug-likeness (QED) is 0.826. The summed E-state index contributed by atoms with van der Waals surface area (Å²) in [5.41, 5.74) is 6.91. The van der Waals surface area contributed by atoms with Gasteiger partial charge in [-0.05, 0) is 12.5 Å². The van der Waals surface area contributed by atoms with E-state index in [4.69, 9.17) is 10.3 Å². The van der Waals surface area contributed by atoms with Crippen LogP contribution in [0.4, 0.5) is 5.82 Å². The molecule has 0 saturated carbocycles. The number of halogens is 1. The van der Waals surface area contributed by atoms with Crippen molar-refractivity contribution < 1.29 is 14.1 Å². The van der Waals surface area contributed by atoms with Crippen molar-refractivity contribution in [3.8, 4) is 0 Å². The topological polar surface area (TPSA) is 101 Å². The second-order valence-corrected chi connectivity index (χ2v) is 5.34. The van der Waals surface area contributed by atoms with Gasteiger partial charge in [-0.1, -0.05) is 35.5 Å². The van der Waals surface area contributed by atoms with Crippen LogP contribution in [0.3, 0.4) is 0 Å². The first-order chi connectivity index (χ1) is 11.0. The van der Waals surface area contributed by atoms with Crippen molar-refractivity contribution in [1.29, 1.82) is 0 Å². The summed E-state index contributed by atoms with van der Waals surface area (Å²) in [6, 6.07) is 10.6. The number of anilines is 1. The van der Waals surface area contributed by atoms with Crippen molar-refractivity contribution in [3.05, 3.63) is 47.7 Å². The highest BCUT2D eigenvalue weighted by atomic mass is 35.5. The molecule has 0 aliphatic heterocycles. The van der Waals surface area contributed by atoms with Gasteiger partial charge in [0.15, 0.2) is 5.82 Å². The van der Waals surface area contributed by atoms with Crippen molar-refractivity contribution in [1.82, 2.24) is 10.1 Å². The molecule has 0 spiro atoms. The van der Waals surface area contributed by atoms with Crippen LogP contribution >= 0.6 is 12.4 Å². The minimum absolute atomic E-state index is 0. The summed E-state index contributed by atoms with van der Waals surface area (Å²) in [6.07, 6.45) is 0.136. The number of likely N-dealkylation sites (N-methyl/N-ethyl adjacent to an activating group) is 1. The highest BCUT2D eigenvalue weighted by Crippen LogP contribution is 2.14. The number of hydrogen-bond donors (Lipinski definition) is 2. The maximum atomic E-state index is 12.2. The molecular weight excluding hydrogens is 332 g/mol.